The Morgan fingerprint density at radius 3 is 2.56 bits per heavy atom. The van der Waals surface area contributed by atoms with E-state index >= 15 is 0 Å². The monoisotopic (exact) mass is 218 g/mol. The lowest BCUT2D eigenvalue weighted by atomic mass is 10.0. The molecular weight excluding hydrogens is 200 g/mol. The Kier molecular flexibility index (Phi) is 3.88. The van der Waals surface area contributed by atoms with Gasteiger partial charge in [-0.25, -0.2) is 0 Å². The smallest absolute Gasteiger partial charge is 0.310 e. The van der Waals surface area contributed by atoms with Crippen molar-refractivity contribution in [1.29, 1.82) is 0 Å². The van der Waals surface area contributed by atoms with Crippen molar-refractivity contribution in [3.8, 4) is 0 Å². The summed E-state index contributed by atoms with van der Waals surface area (Å²) in [6, 6.07) is 7.69. The third-order valence-electron chi connectivity index (χ3n) is 2.03. The van der Waals surface area contributed by atoms with Gasteiger partial charge in [0.1, 0.15) is 5.60 Å². The predicted molar refractivity (Wildman–Crippen MR) is 66.1 cm³/mol. The summed E-state index contributed by atoms with van der Waals surface area (Å²) in [4.78, 5) is 11.6. The van der Waals surface area contributed by atoms with E-state index in [0.29, 0.717) is 6.42 Å². The Morgan fingerprint density at radius 1 is 1.38 bits per heavy atom. The van der Waals surface area contributed by atoms with Crippen LogP contribution in [0, 0.1) is 0 Å². The topological polar surface area (TPSA) is 26.3 Å². The van der Waals surface area contributed by atoms with E-state index in [1.165, 1.54) is 0 Å². The molecule has 1 aromatic rings. The van der Waals surface area contributed by atoms with Gasteiger partial charge >= 0.3 is 5.97 Å². The Balaban J connectivity index is 2.73. The molecule has 0 saturated heterocycles. The summed E-state index contributed by atoms with van der Waals surface area (Å²) < 4.78 is 5.27. The van der Waals surface area contributed by atoms with E-state index in [1.807, 2.05) is 45.0 Å². The third-order valence-corrected chi connectivity index (χ3v) is 2.03. The summed E-state index contributed by atoms with van der Waals surface area (Å²) in [7, 11) is 0. The van der Waals surface area contributed by atoms with Crippen molar-refractivity contribution in [3.63, 3.8) is 0 Å². The Hall–Kier alpha value is -1.57. The lowest BCUT2D eigenvalue weighted by Crippen LogP contribution is -2.25. The minimum Gasteiger partial charge on any atom is -0.460 e. The average molecular weight is 218 g/mol. The van der Waals surface area contributed by atoms with Gasteiger partial charge in [0.05, 0.1) is 6.42 Å². The molecule has 0 heterocycles. The van der Waals surface area contributed by atoms with Crippen molar-refractivity contribution in [2.24, 2.45) is 0 Å². The number of carbonyl (C=O) groups is 1. The SMILES string of the molecule is C=Cc1ccccc1CC(=O)OC(C)(C)C. The van der Waals surface area contributed by atoms with Crippen LogP contribution >= 0.6 is 0 Å². The third kappa shape index (κ3) is 3.89. The number of rotatable bonds is 3. The average Bonchev–Trinajstić information content (AvgIpc) is 2.15. The number of esters is 1. The Bertz CT molecular complexity index is 386. The van der Waals surface area contributed by atoms with E-state index < -0.39 is 5.60 Å². The lowest BCUT2D eigenvalue weighted by molar-refractivity contribution is -0.153. The van der Waals surface area contributed by atoms with Gasteiger partial charge in [-0.15, -0.1) is 0 Å². The molecule has 16 heavy (non-hydrogen) atoms. The van der Waals surface area contributed by atoms with Crippen LogP contribution in [0.3, 0.4) is 0 Å². The van der Waals surface area contributed by atoms with E-state index in [4.69, 9.17) is 4.74 Å². The van der Waals surface area contributed by atoms with Crippen molar-refractivity contribution >= 4 is 12.0 Å². The van der Waals surface area contributed by atoms with Crippen LogP contribution in [-0.4, -0.2) is 11.6 Å². The number of benzene rings is 1. The van der Waals surface area contributed by atoms with E-state index in [2.05, 4.69) is 6.58 Å². The first-order valence-electron chi connectivity index (χ1n) is 5.34. The molecule has 0 fully saturated rings. The number of ether oxygens (including phenoxy) is 1. The molecule has 0 bridgehead atoms. The normalized spacial score (nSPS) is 10.9. The molecule has 0 saturated carbocycles. The maximum atomic E-state index is 11.6. The van der Waals surface area contributed by atoms with E-state index in [0.717, 1.165) is 11.1 Å². The molecule has 0 N–H and O–H groups in total. The number of hydrogen-bond acceptors (Lipinski definition) is 2. The first-order chi connectivity index (χ1) is 7.42. The van der Waals surface area contributed by atoms with Crippen molar-refractivity contribution < 1.29 is 9.53 Å². The summed E-state index contributed by atoms with van der Waals surface area (Å²) >= 11 is 0. The van der Waals surface area contributed by atoms with Gasteiger partial charge < -0.3 is 4.74 Å². The van der Waals surface area contributed by atoms with E-state index in [9.17, 15) is 4.79 Å². The molecule has 0 atom stereocenters. The zero-order chi connectivity index (χ0) is 12.2. The molecule has 2 nitrogen and oxygen atoms in total. The molecule has 0 aliphatic rings. The molecule has 0 aromatic heterocycles. The van der Waals surface area contributed by atoms with Crippen LogP contribution in [0.15, 0.2) is 30.8 Å². The molecule has 86 valence electrons. The second-order valence-corrected chi connectivity index (χ2v) is 4.67. The highest BCUT2D eigenvalue weighted by molar-refractivity contribution is 5.74. The molecule has 2 heteroatoms. The first-order valence-corrected chi connectivity index (χ1v) is 5.34. The largest absolute Gasteiger partial charge is 0.460 e. The Labute approximate surface area is 96.9 Å². The van der Waals surface area contributed by atoms with Crippen LogP contribution in [0.1, 0.15) is 31.9 Å². The van der Waals surface area contributed by atoms with Crippen LogP contribution in [0.5, 0.6) is 0 Å². The maximum Gasteiger partial charge on any atom is 0.310 e. The second-order valence-electron chi connectivity index (χ2n) is 4.67. The van der Waals surface area contributed by atoms with Crippen molar-refractivity contribution in [2.45, 2.75) is 32.8 Å². The number of carbonyl (C=O) groups excluding carboxylic acids is 1. The van der Waals surface area contributed by atoms with Crippen LogP contribution < -0.4 is 0 Å². The summed E-state index contributed by atoms with van der Waals surface area (Å²) in [5, 5.41) is 0. The molecule has 1 rings (SSSR count). The summed E-state index contributed by atoms with van der Waals surface area (Å²) in [6.45, 7) is 9.32. The van der Waals surface area contributed by atoms with Crippen LogP contribution in [0.25, 0.3) is 6.08 Å². The van der Waals surface area contributed by atoms with Crippen molar-refractivity contribution in [2.75, 3.05) is 0 Å². The molecule has 0 spiro atoms. The van der Waals surface area contributed by atoms with Gasteiger partial charge in [-0.2, -0.15) is 0 Å². The van der Waals surface area contributed by atoms with E-state index in [-0.39, 0.29) is 5.97 Å². The first kappa shape index (κ1) is 12.5. The zero-order valence-corrected chi connectivity index (χ0v) is 10.1. The zero-order valence-electron chi connectivity index (χ0n) is 10.1. The van der Waals surface area contributed by atoms with Crippen LogP contribution in [0.2, 0.25) is 0 Å². The van der Waals surface area contributed by atoms with Gasteiger partial charge in [-0.1, -0.05) is 36.9 Å². The fraction of sp³-hybridized carbons (Fsp3) is 0.357. The highest BCUT2D eigenvalue weighted by Gasteiger charge is 2.16. The van der Waals surface area contributed by atoms with Crippen LogP contribution in [0.4, 0.5) is 0 Å². The lowest BCUT2D eigenvalue weighted by Gasteiger charge is -2.19. The quantitative estimate of drug-likeness (QED) is 0.728. The van der Waals surface area contributed by atoms with Gasteiger partial charge in [0.25, 0.3) is 0 Å². The summed E-state index contributed by atoms with van der Waals surface area (Å²) in [5.74, 6) is -0.207. The van der Waals surface area contributed by atoms with Gasteiger partial charge in [-0.3, -0.25) is 4.79 Å². The highest BCUT2D eigenvalue weighted by Crippen LogP contribution is 2.14. The number of hydrogen-bond donors (Lipinski definition) is 0. The molecule has 0 aliphatic heterocycles. The van der Waals surface area contributed by atoms with Crippen molar-refractivity contribution in [3.05, 3.63) is 42.0 Å². The Morgan fingerprint density at radius 2 is 2.00 bits per heavy atom. The molecule has 1 aromatic carbocycles. The fourth-order valence-electron chi connectivity index (χ4n) is 1.43. The van der Waals surface area contributed by atoms with Gasteiger partial charge in [0, 0.05) is 0 Å². The molecular formula is C14H18O2. The van der Waals surface area contributed by atoms with Gasteiger partial charge in [0.15, 0.2) is 0 Å². The maximum absolute atomic E-state index is 11.6. The second kappa shape index (κ2) is 4.97. The van der Waals surface area contributed by atoms with E-state index in [1.54, 1.807) is 6.08 Å². The molecule has 0 radical (unpaired) electrons. The van der Waals surface area contributed by atoms with Gasteiger partial charge in [-0.05, 0) is 31.9 Å². The standard InChI is InChI=1S/C14H18O2/c1-5-11-8-6-7-9-12(11)10-13(15)16-14(2,3)4/h5-9H,1,10H2,2-4H3. The minimum absolute atomic E-state index is 0.207. The highest BCUT2D eigenvalue weighted by atomic mass is 16.6. The van der Waals surface area contributed by atoms with Crippen LogP contribution in [-0.2, 0) is 16.0 Å². The predicted octanol–water partition coefficient (Wildman–Crippen LogP) is 3.21. The molecule has 0 aliphatic carbocycles. The fourth-order valence-corrected chi connectivity index (χ4v) is 1.43. The molecule has 0 unspecified atom stereocenters. The minimum atomic E-state index is -0.430. The van der Waals surface area contributed by atoms with Gasteiger partial charge in [0.2, 0.25) is 0 Å². The summed E-state index contributed by atoms with van der Waals surface area (Å²) in [5.41, 5.74) is 1.50. The van der Waals surface area contributed by atoms with Crippen molar-refractivity contribution in [1.82, 2.24) is 0 Å². The summed E-state index contributed by atoms with van der Waals surface area (Å²) in [6.07, 6.45) is 2.04. The molecule has 0 amide bonds.